The first-order chi connectivity index (χ1) is 16.3. The number of thiazole rings is 1. The maximum Gasteiger partial charge on any atom is 0.410 e. The zero-order chi connectivity index (χ0) is 24.1. The van der Waals surface area contributed by atoms with Crippen LogP contribution in [0.1, 0.15) is 68.3 Å². The second kappa shape index (κ2) is 10.7. The van der Waals surface area contributed by atoms with Gasteiger partial charge in [-0.05, 0) is 51.3 Å². The summed E-state index contributed by atoms with van der Waals surface area (Å²) in [6, 6.07) is 7.90. The second-order valence-electron chi connectivity index (χ2n) is 9.56. The molecule has 1 aromatic heterocycles. The van der Waals surface area contributed by atoms with Crippen LogP contribution in [0.5, 0.6) is 5.75 Å². The van der Waals surface area contributed by atoms with Gasteiger partial charge in [0.15, 0.2) is 6.10 Å². The van der Waals surface area contributed by atoms with Crippen LogP contribution >= 0.6 is 11.3 Å². The van der Waals surface area contributed by atoms with Gasteiger partial charge in [0.2, 0.25) is 0 Å². The number of carbonyl (C=O) groups is 1. The fourth-order valence-corrected chi connectivity index (χ4v) is 5.00. The lowest BCUT2D eigenvalue weighted by Gasteiger charge is -2.32. The Morgan fingerprint density at radius 3 is 2.76 bits per heavy atom. The van der Waals surface area contributed by atoms with Crippen LogP contribution in [0.25, 0.3) is 0 Å². The Morgan fingerprint density at radius 1 is 1.24 bits per heavy atom. The van der Waals surface area contributed by atoms with E-state index in [0.717, 1.165) is 40.6 Å². The lowest BCUT2D eigenvalue weighted by Crippen LogP contribution is -2.41. The standard InChI is InChI=1S/C25H33N3O5S/c1-25(2,3)32-24(29)28-10-8-17(9-11-28)23-26-21(16-34-23)20-15-22(33-27-20)18-6-5-7-19(14-18)31-13-12-30-4/h5-7,14,16-17,22H,8-13,15H2,1-4H3. The number of rotatable bonds is 7. The summed E-state index contributed by atoms with van der Waals surface area (Å²) in [4.78, 5) is 24.7. The lowest BCUT2D eigenvalue weighted by molar-refractivity contribution is 0.0205. The minimum Gasteiger partial charge on any atom is -0.491 e. The molecule has 0 N–H and O–H groups in total. The van der Waals surface area contributed by atoms with Gasteiger partial charge in [0.05, 0.1) is 17.3 Å². The molecular weight excluding hydrogens is 454 g/mol. The molecule has 1 unspecified atom stereocenters. The lowest BCUT2D eigenvalue weighted by atomic mass is 9.98. The molecule has 2 aromatic rings. The zero-order valence-electron chi connectivity index (χ0n) is 20.3. The largest absolute Gasteiger partial charge is 0.491 e. The summed E-state index contributed by atoms with van der Waals surface area (Å²) >= 11 is 1.66. The number of piperidine rings is 1. The van der Waals surface area contributed by atoms with Crippen molar-refractivity contribution in [2.45, 2.75) is 57.7 Å². The molecule has 9 heteroatoms. The smallest absolute Gasteiger partial charge is 0.410 e. The molecule has 8 nitrogen and oxygen atoms in total. The number of hydrogen-bond acceptors (Lipinski definition) is 8. The summed E-state index contributed by atoms with van der Waals surface area (Å²) in [7, 11) is 1.65. The van der Waals surface area contributed by atoms with Crippen molar-refractivity contribution in [2.24, 2.45) is 5.16 Å². The summed E-state index contributed by atoms with van der Waals surface area (Å²) in [5.41, 5.74) is 2.30. The number of hydrogen-bond donors (Lipinski definition) is 0. The van der Waals surface area contributed by atoms with Crippen molar-refractivity contribution >= 4 is 23.1 Å². The second-order valence-corrected chi connectivity index (χ2v) is 10.5. The number of ether oxygens (including phenoxy) is 3. The van der Waals surface area contributed by atoms with E-state index in [2.05, 4.69) is 10.5 Å². The van der Waals surface area contributed by atoms with Gasteiger partial charge in [-0.25, -0.2) is 9.78 Å². The Labute approximate surface area is 204 Å². The highest BCUT2D eigenvalue weighted by Gasteiger charge is 2.30. The molecule has 1 fully saturated rings. The van der Waals surface area contributed by atoms with E-state index >= 15 is 0 Å². The van der Waals surface area contributed by atoms with Gasteiger partial charge in [-0.1, -0.05) is 17.3 Å². The van der Waals surface area contributed by atoms with Crippen LogP contribution in [0.3, 0.4) is 0 Å². The van der Waals surface area contributed by atoms with E-state index in [-0.39, 0.29) is 12.2 Å². The third kappa shape index (κ3) is 6.27. The number of benzene rings is 1. The third-order valence-corrected chi connectivity index (χ3v) is 6.78. The van der Waals surface area contributed by atoms with Crippen LogP contribution in [0, 0.1) is 0 Å². The number of carbonyl (C=O) groups excluding carboxylic acids is 1. The molecule has 0 radical (unpaired) electrons. The molecule has 0 spiro atoms. The number of amides is 1. The molecule has 2 aliphatic rings. The van der Waals surface area contributed by atoms with Crippen molar-refractivity contribution in [1.82, 2.24) is 9.88 Å². The van der Waals surface area contributed by atoms with Gasteiger partial charge in [-0.15, -0.1) is 11.3 Å². The Balaban J connectivity index is 1.31. The molecule has 34 heavy (non-hydrogen) atoms. The molecule has 184 valence electrons. The van der Waals surface area contributed by atoms with Crippen molar-refractivity contribution in [1.29, 1.82) is 0 Å². The minimum atomic E-state index is -0.474. The predicted octanol–water partition coefficient (Wildman–Crippen LogP) is 5.15. The van der Waals surface area contributed by atoms with Crippen LogP contribution in [0.15, 0.2) is 34.8 Å². The summed E-state index contributed by atoms with van der Waals surface area (Å²) < 4.78 is 16.3. The highest BCUT2D eigenvalue weighted by molar-refractivity contribution is 7.10. The van der Waals surface area contributed by atoms with E-state index in [4.69, 9.17) is 24.0 Å². The Bertz CT molecular complexity index is 1010. The third-order valence-electron chi connectivity index (χ3n) is 5.77. The number of aromatic nitrogens is 1. The van der Waals surface area contributed by atoms with Crippen molar-refractivity contribution in [3.8, 4) is 5.75 Å². The Hall–Kier alpha value is -2.65. The Morgan fingerprint density at radius 2 is 2.03 bits per heavy atom. The number of nitrogens with zero attached hydrogens (tertiary/aromatic N) is 3. The van der Waals surface area contributed by atoms with Crippen molar-refractivity contribution in [3.05, 3.63) is 45.9 Å². The first-order valence-corrected chi connectivity index (χ1v) is 12.6. The Kier molecular flexibility index (Phi) is 7.73. The van der Waals surface area contributed by atoms with E-state index < -0.39 is 5.60 Å². The molecule has 0 saturated carbocycles. The van der Waals surface area contributed by atoms with E-state index in [1.54, 1.807) is 23.3 Å². The first kappa shape index (κ1) is 24.5. The van der Waals surface area contributed by atoms with Gasteiger partial charge >= 0.3 is 6.09 Å². The average Bonchev–Trinajstić information content (AvgIpc) is 3.49. The van der Waals surface area contributed by atoms with Crippen molar-refractivity contribution < 1.29 is 23.8 Å². The molecule has 2 aliphatic heterocycles. The first-order valence-electron chi connectivity index (χ1n) is 11.7. The van der Waals surface area contributed by atoms with Gasteiger partial charge in [0.1, 0.15) is 23.7 Å². The number of oxime groups is 1. The maximum absolute atomic E-state index is 12.3. The highest BCUT2D eigenvalue weighted by atomic mass is 32.1. The summed E-state index contributed by atoms with van der Waals surface area (Å²) in [6.07, 6.45) is 2.05. The molecule has 0 aliphatic carbocycles. The molecule has 3 heterocycles. The van der Waals surface area contributed by atoms with Crippen LogP contribution in [0.4, 0.5) is 4.79 Å². The molecule has 1 saturated heterocycles. The molecule has 1 amide bonds. The van der Waals surface area contributed by atoms with E-state index in [1.165, 1.54) is 0 Å². The van der Waals surface area contributed by atoms with Gasteiger partial charge in [-0.2, -0.15) is 0 Å². The van der Waals surface area contributed by atoms with Crippen LogP contribution in [-0.4, -0.2) is 60.7 Å². The summed E-state index contributed by atoms with van der Waals surface area (Å²) in [5.74, 6) is 1.14. The molecule has 4 rings (SSSR count). The number of methoxy groups -OCH3 is 1. The zero-order valence-corrected chi connectivity index (χ0v) is 21.1. The van der Waals surface area contributed by atoms with Crippen molar-refractivity contribution in [3.63, 3.8) is 0 Å². The fourth-order valence-electron chi connectivity index (χ4n) is 4.00. The normalized spacial score (nSPS) is 19.0. The van der Waals surface area contributed by atoms with Crippen LogP contribution in [0.2, 0.25) is 0 Å². The summed E-state index contributed by atoms with van der Waals surface area (Å²) in [5, 5.41) is 7.48. The monoisotopic (exact) mass is 487 g/mol. The van der Waals surface area contributed by atoms with Gasteiger partial charge in [0.25, 0.3) is 0 Å². The highest BCUT2D eigenvalue weighted by Crippen LogP contribution is 2.34. The van der Waals surface area contributed by atoms with Crippen LogP contribution in [-0.2, 0) is 14.3 Å². The SMILES string of the molecule is COCCOc1cccc(C2CC(c3csc(C4CCN(C(=O)OC(C)(C)C)CC4)n3)=NO2)c1. The van der Waals surface area contributed by atoms with Gasteiger partial charge in [0, 0.05) is 37.9 Å². The number of likely N-dealkylation sites (tertiary alicyclic amines) is 1. The van der Waals surface area contributed by atoms with Gasteiger partial charge < -0.3 is 23.9 Å². The molecule has 1 atom stereocenters. The molecule has 1 aromatic carbocycles. The molecular formula is C25H33N3O5S. The van der Waals surface area contributed by atoms with Crippen LogP contribution < -0.4 is 4.74 Å². The van der Waals surface area contributed by atoms with E-state index in [1.807, 2.05) is 45.0 Å². The predicted molar refractivity (Wildman–Crippen MR) is 131 cm³/mol. The average molecular weight is 488 g/mol. The maximum atomic E-state index is 12.3. The quantitative estimate of drug-likeness (QED) is 0.503. The molecule has 0 bridgehead atoms. The van der Waals surface area contributed by atoms with E-state index in [9.17, 15) is 4.79 Å². The topological polar surface area (TPSA) is 82.5 Å². The van der Waals surface area contributed by atoms with Gasteiger partial charge in [-0.3, -0.25) is 0 Å². The minimum absolute atomic E-state index is 0.150. The van der Waals surface area contributed by atoms with E-state index in [0.29, 0.717) is 38.6 Å². The summed E-state index contributed by atoms with van der Waals surface area (Å²) in [6.45, 7) is 8.09. The fraction of sp³-hybridized carbons (Fsp3) is 0.560. The van der Waals surface area contributed by atoms with Crippen molar-refractivity contribution in [2.75, 3.05) is 33.4 Å².